The molecule has 21 heavy (non-hydrogen) atoms. The molecular formula is C14H17ClN4O2. The van der Waals surface area contributed by atoms with Crippen LogP contribution in [0.3, 0.4) is 0 Å². The van der Waals surface area contributed by atoms with E-state index in [2.05, 4.69) is 5.10 Å². The molecule has 0 aliphatic carbocycles. The van der Waals surface area contributed by atoms with Gasteiger partial charge < -0.3 is 16.2 Å². The molecule has 1 aromatic heterocycles. The van der Waals surface area contributed by atoms with Crippen molar-refractivity contribution in [3.8, 4) is 5.75 Å². The summed E-state index contributed by atoms with van der Waals surface area (Å²) >= 11 is 6.21. The van der Waals surface area contributed by atoms with Crippen LogP contribution in [0.15, 0.2) is 18.2 Å². The highest BCUT2D eigenvalue weighted by Gasteiger charge is 2.16. The minimum atomic E-state index is -0.594. The average Bonchev–Trinajstić information content (AvgIpc) is 2.72. The number of amides is 1. The van der Waals surface area contributed by atoms with Crippen LogP contribution in [0.1, 0.15) is 28.7 Å². The van der Waals surface area contributed by atoms with Crippen molar-refractivity contribution >= 4 is 23.2 Å². The van der Waals surface area contributed by atoms with Crippen molar-refractivity contribution in [2.24, 2.45) is 5.73 Å². The van der Waals surface area contributed by atoms with Gasteiger partial charge in [0.1, 0.15) is 6.61 Å². The van der Waals surface area contributed by atoms with Crippen LogP contribution < -0.4 is 16.2 Å². The van der Waals surface area contributed by atoms with E-state index in [1.807, 2.05) is 13.8 Å². The Bertz CT molecular complexity index is 682. The van der Waals surface area contributed by atoms with Crippen molar-refractivity contribution in [2.75, 3.05) is 5.73 Å². The zero-order valence-corrected chi connectivity index (χ0v) is 12.6. The normalized spacial score (nSPS) is 10.6. The third-order valence-electron chi connectivity index (χ3n) is 3.12. The topological polar surface area (TPSA) is 96.2 Å². The number of nitrogen functional groups attached to an aromatic ring is 1. The first kappa shape index (κ1) is 15.2. The lowest BCUT2D eigenvalue weighted by Gasteiger charge is -2.13. The maximum Gasteiger partial charge on any atom is 0.252 e. The van der Waals surface area contributed by atoms with Crippen LogP contribution in [0, 0.1) is 6.92 Å². The minimum absolute atomic E-state index is 0.155. The second kappa shape index (κ2) is 6.05. The van der Waals surface area contributed by atoms with Gasteiger partial charge in [-0.1, -0.05) is 17.7 Å². The molecule has 0 spiro atoms. The number of anilines is 1. The molecule has 1 aromatic carbocycles. The lowest BCUT2D eigenvalue weighted by Crippen LogP contribution is -2.15. The van der Waals surface area contributed by atoms with Crippen molar-refractivity contribution in [1.82, 2.24) is 9.78 Å². The minimum Gasteiger partial charge on any atom is -0.484 e. The molecule has 4 N–H and O–H groups in total. The Morgan fingerprint density at radius 1 is 1.48 bits per heavy atom. The fourth-order valence-electron chi connectivity index (χ4n) is 2.06. The fourth-order valence-corrected chi connectivity index (χ4v) is 2.25. The summed E-state index contributed by atoms with van der Waals surface area (Å²) in [6.07, 6.45) is 0. The number of nitrogens with two attached hydrogens (primary N) is 2. The second-order valence-corrected chi connectivity index (χ2v) is 4.92. The van der Waals surface area contributed by atoms with Gasteiger partial charge in [0.15, 0.2) is 5.75 Å². The number of nitrogens with zero attached hydrogens (tertiary/aromatic N) is 2. The van der Waals surface area contributed by atoms with Crippen LogP contribution >= 0.6 is 11.6 Å². The van der Waals surface area contributed by atoms with Crippen molar-refractivity contribution in [3.63, 3.8) is 0 Å². The zero-order valence-electron chi connectivity index (χ0n) is 11.9. The number of hydrogen-bond donors (Lipinski definition) is 2. The monoisotopic (exact) mass is 308 g/mol. The molecular weight excluding hydrogens is 292 g/mol. The predicted octanol–water partition coefficient (Wildman–Crippen LogP) is 2.12. The molecule has 0 saturated heterocycles. The summed E-state index contributed by atoms with van der Waals surface area (Å²) in [4.78, 5) is 11.4. The lowest BCUT2D eigenvalue weighted by atomic mass is 10.1. The third kappa shape index (κ3) is 2.95. The Kier molecular flexibility index (Phi) is 4.37. The van der Waals surface area contributed by atoms with Gasteiger partial charge in [-0.25, -0.2) is 0 Å². The number of carbonyl (C=O) groups is 1. The van der Waals surface area contributed by atoms with Gasteiger partial charge in [-0.3, -0.25) is 9.48 Å². The largest absolute Gasteiger partial charge is 0.484 e. The number of hydrogen-bond acceptors (Lipinski definition) is 4. The van der Waals surface area contributed by atoms with Crippen LogP contribution in [-0.4, -0.2) is 15.7 Å². The zero-order chi connectivity index (χ0) is 15.6. The Labute approximate surface area is 127 Å². The summed E-state index contributed by atoms with van der Waals surface area (Å²) in [5, 5.41) is 4.85. The Hall–Kier alpha value is -2.21. The Morgan fingerprint density at radius 2 is 2.19 bits per heavy atom. The number of primary amides is 1. The van der Waals surface area contributed by atoms with E-state index in [-0.39, 0.29) is 17.9 Å². The van der Waals surface area contributed by atoms with E-state index in [4.69, 9.17) is 27.8 Å². The van der Waals surface area contributed by atoms with Crippen LogP contribution in [0.5, 0.6) is 5.75 Å². The molecule has 0 fully saturated rings. The summed E-state index contributed by atoms with van der Waals surface area (Å²) < 4.78 is 7.43. The van der Waals surface area contributed by atoms with E-state index in [1.54, 1.807) is 22.9 Å². The molecule has 0 unspecified atom stereocenters. The number of ether oxygens (including phenoxy) is 1. The highest BCUT2D eigenvalue weighted by molar-refractivity contribution is 6.31. The van der Waals surface area contributed by atoms with Gasteiger partial charge in [-0.2, -0.15) is 5.10 Å². The molecule has 0 aliphatic rings. The van der Waals surface area contributed by atoms with Gasteiger partial charge in [-0.05, 0) is 26.0 Å². The first-order chi connectivity index (χ1) is 9.95. The number of para-hydroxylation sites is 1. The van der Waals surface area contributed by atoms with E-state index in [1.165, 1.54) is 0 Å². The van der Waals surface area contributed by atoms with Gasteiger partial charge in [-0.15, -0.1) is 0 Å². The van der Waals surface area contributed by atoms with Gasteiger partial charge in [0, 0.05) is 6.54 Å². The number of halogens is 1. The summed E-state index contributed by atoms with van der Waals surface area (Å²) in [5.74, 6) is -0.328. The summed E-state index contributed by atoms with van der Waals surface area (Å²) in [5.41, 5.74) is 13.2. The number of rotatable bonds is 5. The summed E-state index contributed by atoms with van der Waals surface area (Å²) in [7, 11) is 0. The first-order valence-corrected chi connectivity index (χ1v) is 6.86. The predicted molar refractivity (Wildman–Crippen MR) is 81.4 cm³/mol. The summed E-state index contributed by atoms with van der Waals surface area (Å²) in [6.45, 7) is 4.60. The maximum absolute atomic E-state index is 11.4. The molecule has 1 amide bonds. The van der Waals surface area contributed by atoms with Crippen LogP contribution in [0.2, 0.25) is 5.02 Å². The third-order valence-corrected chi connectivity index (χ3v) is 3.61. The van der Waals surface area contributed by atoms with E-state index >= 15 is 0 Å². The van der Waals surface area contributed by atoms with Gasteiger partial charge in [0.05, 0.1) is 27.7 Å². The molecule has 1 heterocycles. The highest BCUT2D eigenvalue weighted by Crippen LogP contribution is 2.28. The van der Waals surface area contributed by atoms with E-state index < -0.39 is 5.91 Å². The van der Waals surface area contributed by atoms with Crippen LogP contribution in [-0.2, 0) is 13.2 Å². The Morgan fingerprint density at radius 3 is 2.81 bits per heavy atom. The van der Waals surface area contributed by atoms with Gasteiger partial charge in [0.25, 0.3) is 5.91 Å². The summed E-state index contributed by atoms with van der Waals surface area (Å²) in [6, 6.07) is 4.86. The van der Waals surface area contributed by atoms with Crippen molar-refractivity contribution < 1.29 is 9.53 Å². The quantitative estimate of drug-likeness (QED) is 0.827. The SMILES string of the molecule is CCn1nc(C)c(Cl)c1COc1c(N)cccc1C(N)=O. The molecule has 0 bridgehead atoms. The molecule has 0 aliphatic heterocycles. The second-order valence-electron chi connectivity index (χ2n) is 4.54. The van der Waals surface area contributed by atoms with Crippen LogP contribution in [0.4, 0.5) is 5.69 Å². The number of aryl methyl sites for hydroxylation is 2. The molecule has 6 nitrogen and oxygen atoms in total. The number of benzene rings is 1. The van der Waals surface area contributed by atoms with E-state index in [0.29, 0.717) is 17.3 Å². The van der Waals surface area contributed by atoms with Crippen molar-refractivity contribution in [3.05, 3.63) is 40.2 Å². The Balaban J connectivity index is 2.31. The standard InChI is InChI=1S/C14H17ClN4O2/c1-3-19-11(12(15)8(2)18-19)7-21-13-9(14(17)20)5-4-6-10(13)16/h4-6H,3,7,16H2,1-2H3,(H2,17,20). The molecule has 7 heteroatoms. The number of carbonyl (C=O) groups excluding carboxylic acids is 1. The van der Waals surface area contributed by atoms with E-state index in [9.17, 15) is 4.79 Å². The molecule has 0 atom stereocenters. The average molecular weight is 309 g/mol. The van der Waals surface area contributed by atoms with Gasteiger partial charge in [0.2, 0.25) is 0 Å². The first-order valence-electron chi connectivity index (χ1n) is 6.48. The molecule has 2 aromatic rings. The van der Waals surface area contributed by atoms with E-state index in [0.717, 1.165) is 11.4 Å². The maximum atomic E-state index is 11.4. The molecule has 0 radical (unpaired) electrons. The molecule has 0 saturated carbocycles. The smallest absolute Gasteiger partial charge is 0.252 e. The molecule has 112 valence electrons. The van der Waals surface area contributed by atoms with Gasteiger partial charge >= 0.3 is 0 Å². The fraction of sp³-hybridized carbons (Fsp3) is 0.286. The molecule has 2 rings (SSSR count). The highest BCUT2D eigenvalue weighted by atomic mass is 35.5. The van der Waals surface area contributed by atoms with Crippen LogP contribution in [0.25, 0.3) is 0 Å². The van der Waals surface area contributed by atoms with Crippen molar-refractivity contribution in [2.45, 2.75) is 27.0 Å². The number of aromatic nitrogens is 2. The van der Waals surface area contributed by atoms with Crippen molar-refractivity contribution in [1.29, 1.82) is 0 Å². The lowest BCUT2D eigenvalue weighted by molar-refractivity contribution is 0.0996.